The Balaban J connectivity index is 1.96. The number of hydrogen-bond acceptors (Lipinski definition) is 3. The van der Waals surface area contributed by atoms with Gasteiger partial charge < -0.3 is 14.7 Å². The highest BCUT2D eigenvalue weighted by molar-refractivity contribution is 6.00. The van der Waals surface area contributed by atoms with Crippen LogP contribution in [-0.2, 0) is 14.3 Å². The molecule has 0 radical (unpaired) electrons. The van der Waals surface area contributed by atoms with Crippen LogP contribution in [0.2, 0.25) is 0 Å². The van der Waals surface area contributed by atoms with Crippen molar-refractivity contribution in [2.75, 3.05) is 11.4 Å². The van der Waals surface area contributed by atoms with E-state index in [0.29, 0.717) is 6.54 Å². The summed E-state index contributed by atoms with van der Waals surface area (Å²) in [5.74, 6) is -1.37. The van der Waals surface area contributed by atoms with E-state index in [1.165, 1.54) is 0 Å². The van der Waals surface area contributed by atoms with Crippen LogP contribution in [0.15, 0.2) is 60.7 Å². The summed E-state index contributed by atoms with van der Waals surface area (Å²) >= 11 is 0. The summed E-state index contributed by atoms with van der Waals surface area (Å²) < 4.78 is 6.38. The Bertz CT molecular complexity index is 1170. The molecule has 0 spiro atoms. The zero-order chi connectivity index (χ0) is 23.0. The lowest BCUT2D eigenvalue weighted by Gasteiger charge is -2.31. The van der Waals surface area contributed by atoms with Gasteiger partial charge in [0.1, 0.15) is 12.2 Å². The number of anilines is 1. The van der Waals surface area contributed by atoms with Crippen LogP contribution in [0, 0.1) is 12.3 Å². The minimum atomic E-state index is -1.08. The van der Waals surface area contributed by atoms with Crippen molar-refractivity contribution in [1.29, 1.82) is 0 Å². The number of carbonyl (C=O) groups excluding carboxylic acids is 1. The van der Waals surface area contributed by atoms with E-state index in [2.05, 4.69) is 20.8 Å². The van der Waals surface area contributed by atoms with Gasteiger partial charge in [-0.3, -0.25) is 9.59 Å². The summed E-state index contributed by atoms with van der Waals surface area (Å²) in [6, 6.07) is 20.0. The van der Waals surface area contributed by atoms with E-state index in [9.17, 15) is 14.7 Å². The molecule has 1 aliphatic rings. The lowest BCUT2D eigenvalue weighted by atomic mass is 9.92. The first-order valence-electron chi connectivity index (χ1n) is 10.9. The highest BCUT2D eigenvalue weighted by Gasteiger charge is 2.39. The van der Waals surface area contributed by atoms with Crippen LogP contribution < -0.4 is 4.90 Å². The third kappa shape index (κ3) is 4.39. The second kappa shape index (κ2) is 8.40. The number of hydrogen-bond donors (Lipinski definition) is 1. The van der Waals surface area contributed by atoms with E-state index in [4.69, 9.17) is 4.74 Å². The van der Waals surface area contributed by atoms with Crippen molar-refractivity contribution in [3.8, 4) is 0 Å². The molecular weight excluding hydrogens is 402 g/mol. The highest BCUT2D eigenvalue weighted by atomic mass is 16.5. The third-order valence-corrected chi connectivity index (χ3v) is 5.70. The second-order valence-corrected chi connectivity index (χ2v) is 9.72. The molecule has 0 aliphatic carbocycles. The smallest absolute Gasteiger partial charge is 0.306 e. The van der Waals surface area contributed by atoms with Crippen molar-refractivity contribution in [3.05, 3.63) is 77.4 Å². The summed E-state index contributed by atoms with van der Waals surface area (Å²) in [5.41, 5.74) is 3.46. The Morgan fingerprint density at radius 3 is 2.47 bits per heavy atom. The van der Waals surface area contributed by atoms with Crippen LogP contribution in [-0.4, -0.2) is 29.6 Å². The molecule has 1 heterocycles. The zero-order valence-electron chi connectivity index (χ0n) is 19.0. The van der Waals surface area contributed by atoms with Crippen molar-refractivity contribution in [2.24, 2.45) is 5.41 Å². The van der Waals surface area contributed by atoms with Crippen LogP contribution in [0.25, 0.3) is 10.8 Å². The van der Waals surface area contributed by atoms with E-state index in [0.717, 1.165) is 33.2 Å². The molecule has 0 unspecified atom stereocenters. The van der Waals surface area contributed by atoms with Gasteiger partial charge in [-0.25, -0.2) is 0 Å². The molecule has 5 nitrogen and oxygen atoms in total. The van der Waals surface area contributed by atoms with Gasteiger partial charge in [0.25, 0.3) is 5.91 Å². The molecule has 5 heteroatoms. The molecular formula is C27H29NO4. The summed E-state index contributed by atoms with van der Waals surface area (Å²) in [4.78, 5) is 26.9. The van der Waals surface area contributed by atoms with Crippen LogP contribution in [0.1, 0.15) is 50.0 Å². The molecule has 0 aromatic heterocycles. The summed E-state index contributed by atoms with van der Waals surface area (Å²) in [5, 5.41) is 11.6. The van der Waals surface area contributed by atoms with Gasteiger partial charge in [-0.1, -0.05) is 80.9 Å². The number of aliphatic carboxylic acids is 1. The summed E-state index contributed by atoms with van der Waals surface area (Å²) in [7, 11) is 0. The Morgan fingerprint density at radius 1 is 1.03 bits per heavy atom. The average molecular weight is 432 g/mol. The molecule has 3 aromatic carbocycles. The fraction of sp³-hybridized carbons (Fsp3) is 0.333. The van der Waals surface area contributed by atoms with Crippen molar-refractivity contribution in [2.45, 2.75) is 46.3 Å². The van der Waals surface area contributed by atoms with Crippen molar-refractivity contribution < 1.29 is 19.4 Å². The first-order valence-corrected chi connectivity index (χ1v) is 10.9. The van der Waals surface area contributed by atoms with E-state index < -0.39 is 18.2 Å². The predicted molar refractivity (Wildman–Crippen MR) is 126 cm³/mol. The molecule has 32 heavy (non-hydrogen) atoms. The number of fused-ring (bicyclic) bond motifs is 2. The van der Waals surface area contributed by atoms with Gasteiger partial charge in [-0.15, -0.1) is 0 Å². The number of carbonyl (C=O) groups is 2. The molecule has 1 N–H and O–H groups in total. The second-order valence-electron chi connectivity index (χ2n) is 9.72. The zero-order valence-corrected chi connectivity index (χ0v) is 19.0. The van der Waals surface area contributed by atoms with Gasteiger partial charge in [0.05, 0.1) is 6.42 Å². The third-order valence-electron chi connectivity index (χ3n) is 5.70. The van der Waals surface area contributed by atoms with Gasteiger partial charge in [-0.2, -0.15) is 0 Å². The molecule has 166 valence electrons. The fourth-order valence-electron chi connectivity index (χ4n) is 4.37. The Labute approximate surface area is 188 Å². The van der Waals surface area contributed by atoms with Crippen molar-refractivity contribution >= 4 is 28.3 Å². The number of carboxylic acid groups (broad SMARTS) is 1. The van der Waals surface area contributed by atoms with Crippen LogP contribution >= 0.6 is 0 Å². The highest BCUT2D eigenvalue weighted by Crippen LogP contribution is 2.42. The molecule has 0 saturated carbocycles. The first kappa shape index (κ1) is 22.0. The molecule has 0 saturated heterocycles. The Hall–Kier alpha value is -3.18. The summed E-state index contributed by atoms with van der Waals surface area (Å²) in [6.07, 6.45) is -2.02. The van der Waals surface area contributed by atoms with Gasteiger partial charge in [0, 0.05) is 17.8 Å². The van der Waals surface area contributed by atoms with Gasteiger partial charge in [0.2, 0.25) is 0 Å². The van der Waals surface area contributed by atoms with Gasteiger partial charge >= 0.3 is 5.97 Å². The molecule has 4 rings (SSSR count). The number of aryl methyl sites for hydroxylation is 1. The van der Waals surface area contributed by atoms with Crippen molar-refractivity contribution in [1.82, 2.24) is 0 Å². The topological polar surface area (TPSA) is 66.8 Å². The quantitative estimate of drug-likeness (QED) is 0.593. The minimum Gasteiger partial charge on any atom is -0.481 e. The number of amides is 1. The number of carboxylic acids is 1. The van der Waals surface area contributed by atoms with Crippen LogP contribution in [0.3, 0.4) is 0 Å². The van der Waals surface area contributed by atoms with Crippen molar-refractivity contribution in [3.63, 3.8) is 0 Å². The Morgan fingerprint density at radius 2 is 1.75 bits per heavy atom. The molecule has 1 aliphatic heterocycles. The normalized spacial score (nSPS) is 19.0. The maximum atomic E-state index is 13.6. The van der Waals surface area contributed by atoms with E-state index >= 15 is 0 Å². The number of rotatable bonds is 4. The first-order chi connectivity index (χ1) is 15.1. The van der Waals surface area contributed by atoms with E-state index in [-0.39, 0.29) is 17.7 Å². The van der Waals surface area contributed by atoms with Crippen LogP contribution in [0.5, 0.6) is 0 Å². The predicted octanol–water partition coefficient (Wildman–Crippen LogP) is 5.49. The standard InChI is InChI=1S/C27H29NO4/c1-17-12-13-22-21(14-17)25(20-11-7-9-18-8-5-6-10-19(18)20)32-23(15-24(29)30)26(31)28(22)16-27(2,3)4/h5-14,23,25H,15-16H2,1-4H3,(H,29,30)/t23-,25-/m1/s1. The lowest BCUT2D eigenvalue weighted by molar-refractivity contribution is -0.147. The molecule has 2 atom stereocenters. The van der Waals surface area contributed by atoms with Gasteiger partial charge in [-0.05, 0) is 34.7 Å². The molecule has 0 fully saturated rings. The maximum absolute atomic E-state index is 13.6. The van der Waals surface area contributed by atoms with Gasteiger partial charge in [0.15, 0.2) is 0 Å². The fourth-order valence-corrected chi connectivity index (χ4v) is 4.37. The maximum Gasteiger partial charge on any atom is 0.306 e. The number of ether oxygens (including phenoxy) is 1. The molecule has 0 bridgehead atoms. The monoisotopic (exact) mass is 431 g/mol. The average Bonchev–Trinajstić information content (AvgIpc) is 2.82. The largest absolute Gasteiger partial charge is 0.481 e. The lowest BCUT2D eigenvalue weighted by Crippen LogP contribution is -2.44. The molecule has 1 amide bonds. The van der Waals surface area contributed by atoms with Crippen LogP contribution in [0.4, 0.5) is 5.69 Å². The number of benzene rings is 3. The summed E-state index contributed by atoms with van der Waals surface area (Å²) in [6.45, 7) is 8.66. The number of nitrogens with zero attached hydrogens (tertiary/aromatic N) is 1. The SMILES string of the molecule is Cc1ccc2c(c1)[C@@H](c1cccc3ccccc13)O[C@H](CC(=O)O)C(=O)N2CC(C)(C)C. The van der Waals surface area contributed by atoms with E-state index in [1.54, 1.807) is 4.90 Å². The van der Waals surface area contributed by atoms with E-state index in [1.807, 2.05) is 67.6 Å². The minimum absolute atomic E-state index is 0.176. The molecule has 3 aromatic rings. The Kier molecular flexibility index (Phi) is 5.78.